The van der Waals surface area contributed by atoms with Gasteiger partial charge in [-0.1, -0.05) is 5.92 Å². The minimum Gasteiger partial charge on any atom is -0.478 e. The number of carbonyl (C=O) groups is 1. The van der Waals surface area contributed by atoms with Crippen molar-refractivity contribution in [2.75, 3.05) is 6.54 Å². The number of nitrogens with one attached hydrogen (secondary N) is 1. The summed E-state index contributed by atoms with van der Waals surface area (Å²) in [5.41, 5.74) is 0. The average Bonchev–Trinajstić information content (AvgIpc) is 1.80. The van der Waals surface area contributed by atoms with Gasteiger partial charge in [-0.2, -0.15) is 0 Å². The van der Waals surface area contributed by atoms with Crippen molar-refractivity contribution in [2.45, 2.75) is 0 Å². The first-order chi connectivity index (χ1) is 4.27. The zero-order valence-corrected chi connectivity index (χ0v) is 4.79. The van der Waals surface area contributed by atoms with Crippen molar-refractivity contribution in [1.82, 2.24) is 5.32 Å². The molecular formula is C6H7NO2. The molecule has 9 heavy (non-hydrogen) atoms. The molecule has 0 heterocycles. The first-order valence-corrected chi connectivity index (χ1v) is 2.33. The molecule has 0 rings (SSSR count). The molecule has 3 nitrogen and oxygen atoms in total. The summed E-state index contributed by atoms with van der Waals surface area (Å²) in [6, 6.07) is 0. The quantitative estimate of drug-likeness (QED) is 0.312. The maximum absolute atomic E-state index is 9.78. The Balaban J connectivity index is 3.28. The molecule has 0 fully saturated rings. The molecule has 48 valence electrons. The van der Waals surface area contributed by atoms with Gasteiger partial charge in [0.15, 0.2) is 0 Å². The molecule has 0 saturated heterocycles. The van der Waals surface area contributed by atoms with Crippen molar-refractivity contribution in [2.24, 2.45) is 0 Å². The van der Waals surface area contributed by atoms with Crippen molar-refractivity contribution in [3.63, 3.8) is 0 Å². The van der Waals surface area contributed by atoms with Gasteiger partial charge in [0, 0.05) is 12.3 Å². The Labute approximate surface area is 53.4 Å². The lowest BCUT2D eigenvalue weighted by Crippen LogP contribution is -2.04. The van der Waals surface area contributed by atoms with Crippen LogP contribution in [0.15, 0.2) is 12.3 Å². The number of carboxylic acids is 1. The SMILES string of the molecule is C#CCN/C=C/C(=O)O. The molecule has 0 amide bonds. The summed E-state index contributed by atoms with van der Waals surface area (Å²) in [6.45, 7) is 0.351. The number of carboxylic acid groups (broad SMARTS) is 1. The van der Waals surface area contributed by atoms with Crippen LogP contribution in [0.4, 0.5) is 0 Å². The molecule has 0 radical (unpaired) electrons. The van der Waals surface area contributed by atoms with Gasteiger partial charge in [0.2, 0.25) is 0 Å². The van der Waals surface area contributed by atoms with E-state index in [-0.39, 0.29) is 0 Å². The molecule has 2 N–H and O–H groups in total. The maximum Gasteiger partial charge on any atom is 0.329 e. The summed E-state index contributed by atoms with van der Waals surface area (Å²) in [5, 5.41) is 10.6. The van der Waals surface area contributed by atoms with Gasteiger partial charge in [0.05, 0.1) is 6.54 Å². The van der Waals surface area contributed by atoms with Gasteiger partial charge in [-0.05, 0) is 0 Å². The summed E-state index contributed by atoms with van der Waals surface area (Å²) < 4.78 is 0. The highest BCUT2D eigenvalue weighted by atomic mass is 16.4. The van der Waals surface area contributed by atoms with Gasteiger partial charge in [-0.15, -0.1) is 6.42 Å². The van der Waals surface area contributed by atoms with Crippen LogP contribution in [0.1, 0.15) is 0 Å². The number of terminal acetylenes is 1. The first-order valence-electron chi connectivity index (χ1n) is 2.33. The Kier molecular flexibility index (Phi) is 3.97. The van der Waals surface area contributed by atoms with Crippen LogP contribution in [0, 0.1) is 12.3 Å². The van der Waals surface area contributed by atoms with Crippen molar-refractivity contribution >= 4 is 5.97 Å². The van der Waals surface area contributed by atoms with Gasteiger partial charge in [0.25, 0.3) is 0 Å². The third-order valence-corrected chi connectivity index (χ3v) is 0.548. The van der Waals surface area contributed by atoms with Crippen LogP contribution in [0.5, 0.6) is 0 Å². The van der Waals surface area contributed by atoms with Crippen LogP contribution < -0.4 is 5.32 Å². The molecule has 0 aromatic heterocycles. The van der Waals surface area contributed by atoms with E-state index >= 15 is 0 Å². The van der Waals surface area contributed by atoms with Crippen LogP contribution >= 0.6 is 0 Å². The van der Waals surface area contributed by atoms with Gasteiger partial charge in [-0.25, -0.2) is 4.79 Å². The van der Waals surface area contributed by atoms with Crippen molar-refractivity contribution in [1.29, 1.82) is 0 Å². The molecule has 0 spiro atoms. The fourth-order valence-electron chi connectivity index (χ4n) is 0.248. The minimum atomic E-state index is -0.987. The Hall–Kier alpha value is -1.43. The highest BCUT2D eigenvalue weighted by Gasteiger charge is 1.80. The van der Waals surface area contributed by atoms with Crippen molar-refractivity contribution in [3.05, 3.63) is 12.3 Å². The molecule has 0 unspecified atom stereocenters. The second-order valence-corrected chi connectivity index (χ2v) is 1.26. The number of hydrogen-bond acceptors (Lipinski definition) is 2. The van der Waals surface area contributed by atoms with Gasteiger partial charge in [0.1, 0.15) is 0 Å². The smallest absolute Gasteiger partial charge is 0.329 e. The summed E-state index contributed by atoms with van der Waals surface area (Å²) in [4.78, 5) is 9.78. The number of hydrogen-bond donors (Lipinski definition) is 2. The Morgan fingerprint density at radius 3 is 3.00 bits per heavy atom. The third kappa shape index (κ3) is 6.57. The lowest BCUT2D eigenvalue weighted by molar-refractivity contribution is -0.131. The minimum absolute atomic E-state index is 0.351. The van der Waals surface area contributed by atoms with E-state index in [2.05, 4.69) is 11.2 Å². The number of rotatable bonds is 3. The molecule has 0 aliphatic heterocycles. The monoisotopic (exact) mass is 125 g/mol. The normalized spacial score (nSPS) is 8.78. The molecule has 3 heteroatoms. The van der Waals surface area contributed by atoms with E-state index in [4.69, 9.17) is 11.5 Å². The van der Waals surface area contributed by atoms with Crippen LogP contribution in [-0.4, -0.2) is 17.6 Å². The highest BCUT2D eigenvalue weighted by molar-refractivity contribution is 5.79. The highest BCUT2D eigenvalue weighted by Crippen LogP contribution is 1.65. The molecule has 0 aliphatic carbocycles. The van der Waals surface area contributed by atoms with Gasteiger partial charge >= 0.3 is 5.97 Å². The predicted molar refractivity (Wildman–Crippen MR) is 33.6 cm³/mol. The summed E-state index contributed by atoms with van der Waals surface area (Å²) in [6.07, 6.45) is 7.13. The zero-order valence-electron chi connectivity index (χ0n) is 4.79. The van der Waals surface area contributed by atoms with Crippen molar-refractivity contribution in [3.8, 4) is 12.3 Å². The number of aliphatic carboxylic acids is 1. The molecule has 0 aromatic carbocycles. The van der Waals surface area contributed by atoms with E-state index in [1.165, 1.54) is 6.20 Å². The fraction of sp³-hybridized carbons (Fsp3) is 0.167. The topological polar surface area (TPSA) is 49.3 Å². The van der Waals surface area contributed by atoms with E-state index < -0.39 is 5.97 Å². The van der Waals surface area contributed by atoms with E-state index in [1.807, 2.05) is 0 Å². The molecule has 0 aromatic rings. The van der Waals surface area contributed by atoms with E-state index in [0.29, 0.717) is 6.54 Å². The fourth-order valence-corrected chi connectivity index (χ4v) is 0.248. The maximum atomic E-state index is 9.78. The third-order valence-electron chi connectivity index (χ3n) is 0.548. The van der Waals surface area contributed by atoms with Gasteiger partial charge < -0.3 is 10.4 Å². The Morgan fingerprint density at radius 1 is 1.89 bits per heavy atom. The molecular weight excluding hydrogens is 118 g/mol. The molecule has 0 bridgehead atoms. The largest absolute Gasteiger partial charge is 0.478 e. The van der Waals surface area contributed by atoms with E-state index in [0.717, 1.165) is 6.08 Å². The van der Waals surface area contributed by atoms with Gasteiger partial charge in [-0.3, -0.25) is 0 Å². The second-order valence-electron chi connectivity index (χ2n) is 1.26. The Bertz CT molecular complexity index is 155. The summed E-state index contributed by atoms with van der Waals surface area (Å²) in [7, 11) is 0. The molecule has 0 atom stereocenters. The van der Waals surface area contributed by atoms with E-state index in [1.54, 1.807) is 0 Å². The van der Waals surface area contributed by atoms with Crippen LogP contribution in [-0.2, 0) is 4.79 Å². The standard InChI is InChI=1S/C6H7NO2/c1-2-4-7-5-3-6(8)9/h1,3,5,7H,4H2,(H,8,9)/b5-3+. The molecule has 0 saturated carbocycles. The first kappa shape index (κ1) is 7.57. The Morgan fingerprint density at radius 2 is 2.56 bits per heavy atom. The van der Waals surface area contributed by atoms with Crippen LogP contribution in [0.2, 0.25) is 0 Å². The van der Waals surface area contributed by atoms with Crippen LogP contribution in [0.3, 0.4) is 0 Å². The predicted octanol–water partition coefficient (Wildman–Crippen LogP) is -0.193. The van der Waals surface area contributed by atoms with Crippen molar-refractivity contribution < 1.29 is 9.90 Å². The molecule has 0 aliphatic rings. The average molecular weight is 125 g/mol. The summed E-state index contributed by atoms with van der Waals surface area (Å²) >= 11 is 0. The second kappa shape index (κ2) is 4.72. The van der Waals surface area contributed by atoms with Crippen LogP contribution in [0.25, 0.3) is 0 Å². The van der Waals surface area contributed by atoms with E-state index in [9.17, 15) is 4.79 Å². The lowest BCUT2D eigenvalue weighted by Gasteiger charge is -1.86. The summed E-state index contributed by atoms with van der Waals surface area (Å²) in [5.74, 6) is 1.30. The zero-order chi connectivity index (χ0) is 7.11. The lowest BCUT2D eigenvalue weighted by atomic mass is 10.6.